The van der Waals surface area contributed by atoms with Crippen LogP contribution in [0.4, 0.5) is 0 Å². The Morgan fingerprint density at radius 2 is 2.45 bits per heavy atom. The first-order chi connectivity index (χ1) is 5.20. The van der Waals surface area contributed by atoms with Crippen molar-refractivity contribution in [2.24, 2.45) is 0 Å². The summed E-state index contributed by atoms with van der Waals surface area (Å²) in [5.41, 5.74) is 0. The number of rotatable bonds is 2. The predicted molar refractivity (Wildman–Crippen MR) is 43.7 cm³/mol. The van der Waals surface area contributed by atoms with Crippen molar-refractivity contribution < 1.29 is 9.53 Å². The number of carbonyl (C=O) groups excluding carboxylic acids is 1. The molecular weight excluding hydrogens is 160 g/mol. The van der Waals surface area contributed by atoms with Gasteiger partial charge in [0, 0.05) is 5.38 Å². The Morgan fingerprint density at radius 1 is 1.73 bits per heavy atom. The Bertz CT molecular complexity index is 226. The van der Waals surface area contributed by atoms with Gasteiger partial charge in [0.25, 0.3) is 0 Å². The fourth-order valence-electron chi connectivity index (χ4n) is 0.623. The molecule has 0 aliphatic rings. The molecule has 0 aliphatic carbocycles. The minimum Gasteiger partial charge on any atom is -0.459 e. The lowest BCUT2D eigenvalue weighted by molar-refractivity contribution is 0.0384. The number of hydrogen-bond acceptors (Lipinski definition) is 3. The number of carbonyl (C=O) groups is 1. The van der Waals surface area contributed by atoms with Crippen molar-refractivity contribution in [1.29, 1.82) is 0 Å². The highest BCUT2D eigenvalue weighted by molar-refractivity contribution is 7.11. The minimum absolute atomic E-state index is 0.0513. The lowest BCUT2D eigenvalue weighted by Gasteiger charge is -2.04. The third-order valence-corrected chi connectivity index (χ3v) is 1.79. The molecule has 0 unspecified atom stereocenters. The summed E-state index contributed by atoms with van der Waals surface area (Å²) >= 11 is 1.27. The van der Waals surface area contributed by atoms with E-state index in [9.17, 15) is 4.79 Å². The number of esters is 1. The summed E-state index contributed by atoms with van der Waals surface area (Å²) in [6.07, 6.45) is -0.0513. The Morgan fingerprint density at radius 3 is 2.91 bits per heavy atom. The number of ether oxygens (including phenoxy) is 1. The van der Waals surface area contributed by atoms with Gasteiger partial charge in [-0.1, -0.05) is 0 Å². The fraction of sp³-hybridized carbons (Fsp3) is 0.375. The molecular formula is C8H9O2S. The largest absolute Gasteiger partial charge is 0.459 e. The van der Waals surface area contributed by atoms with E-state index in [0.717, 1.165) is 0 Å². The van der Waals surface area contributed by atoms with Crippen molar-refractivity contribution >= 4 is 17.3 Å². The van der Waals surface area contributed by atoms with Gasteiger partial charge < -0.3 is 4.74 Å². The molecule has 0 atom stereocenters. The monoisotopic (exact) mass is 169 g/mol. The van der Waals surface area contributed by atoms with E-state index in [4.69, 9.17) is 4.74 Å². The highest BCUT2D eigenvalue weighted by Crippen LogP contribution is 2.09. The maximum Gasteiger partial charge on any atom is 0.348 e. The van der Waals surface area contributed by atoms with Crippen molar-refractivity contribution in [3.8, 4) is 0 Å². The first-order valence-corrected chi connectivity index (χ1v) is 4.18. The predicted octanol–water partition coefficient (Wildman–Crippen LogP) is 2.11. The molecule has 1 aromatic heterocycles. The average molecular weight is 169 g/mol. The second-order valence-electron chi connectivity index (χ2n) is 2.37. The van der Waals surface area contributed by atoms with Crippen LogP contribution in [-0.4, -0.2) is 12.1 Å². The molecule has 0 fully saturated rings. The normalized spacial score (nSPS) is 10.1. The van der Waals surface area contributed by atoms with Crippen LogP contribution in [0.3, 0.4) is 0 Å². The molecule has 0 spiro atoms. The highest BCUT2D eigenvalue weighted by Gasteiger charge is 2.08. The second kappa shape index (κ2) is 3.53. The molecule has 0 saturated carbocycles. The van der Waals surface area contributed by atoms with Gasteiger partial charge in [-0.05, 0) is 26.0 Å². The second-order valence-corrected chi connectivity index (χ2v) is 3.25. The van der Waals surface area contributed by atoms with Crippen LogP contribution in [0.25, 0.3) is 0 Å². The van der Waals surface area contributed by atoms with Crippen LogP contribution in [0, 0.1) is 5.38 Å². The van der Waals surface area contributed by atoms with E-state index in [-0.39, 0.29) is 12.1 Å². The van der Waals surface area contributed by atoms with Gasteiger partial charge in [-0.15, -0.1) is 11.3 Å². The Kier molecular flexibility index (Phi) is 2.65. The molecule has 1 heterocycles. The van der Waals surface area contributed by atoms with E-state index in [0.29, 0.717) is 4.88 Å². The molecule has 2 nitrogen and oxygen atoms in total. The molecule has 0 amide bonds. The van der Waals surface area contributed by atoms with Crippen molar-refractivity contribution in [3.63, 3.8) is 0 Å². The molecule has 1 radical (unpaired) electrons. The van der Waals surface area contributed by atoms with E-state index in [1.807, 2.05) is 13.8 Å². The van der Waals surface area contributed by atoms with Gasteiger partial charge in [0.2, 0.25) is 0 Å². The molecule has 1 rings (SSSR count). The van der Waals surface area contributed by atoms with Crippen LogP contribution in [0.15, 0.2) is 12.1 Å². The maximum absolute atomic E-state index is 11.1. The van der Waals surface area contributed by atoms with Crippen LogP contribution in [0.2, 0.25) is 0 Å². The Hall–Kier alpha value is -0.830. The highest BCUT2D eigenvalue weighted by atomic mass is 32.1. The van der Waals surface area contributed by atoms with Crippen molar-refractivity contribution in [2.75, 3.05) is 0 Å². The van der Waals surface area contributed by atoms with Gasteiger partial charge in [-0.2, -0.15) is 0 Å². The van der Waals surface area contributed by atoms with Gasteiger partial charge in [-0.3, -0.25) is 0 Å². The van der Waals surface area contributed by atoms with Crippen LogP contribution in [0.5, 0.6) is 0 Å². The molecule has 3 heteroatoms. The summed E-state index contributed by atoms with van der Waals surface area (Å²) < 4.78 is 4.95. The summed E-state index contributed by atoms with van der Waals surface area (Å²) in [5, 5.41) is 2.82. The van der Waals surface area contributed by atoms with Crippen LogP contribution in [0.1, 0.15) is 23.5 Å². The summed E-state index contributed by atoms with van der Waals surface area (Å²) in [6, 6.07) is 3.41. The zero-order chi connectivity index (χ0) is 8.27. The Balaban J connectivity index is 2.57. The first-order valence-electron chi connectivity index (χ1n) is 3.37. The first kappa shape index (κ1) is 8.27. The maximum atomic E-state index is 11.1. The van der Waals surface area contributed by atoms with Gasteiger partial charge >= 0.3 is 5.97 Å². The van der Waals surface area contributed by atoms with E-state index < -0.39 is 0 Å². The van der Waals surface area contributed by atoms with Gasteiger partial charge in [0.15, 0.2) is 0 Å². The van der Waals surface area contributed by atoms with Crippen molar-refractivity contribution in [1.82, 2.24) is 0 Å². The molecule has 0 N–H and O–H groups in total. The third-order valence-electron chi connectivity index (χ3n) is 1.02. The van der Waals surface area contributed by atoms with Crippen molar-refractivity contribution in [2.45, 2.75) is 20.0 Å². The summed E-state index contributed by atoms with van der Waals surface area (Å²) in [7, 11) is 0. The topological polar surface area (TPSA) is 26.3 Å². The van der Waals surface area contributed by atoms with Gasteiger partial charge in [0.05, 0.1) is 6.10 Å². The summed E-state index contributed by atoms with van der Waals surface area (Å²) in [5.74, 6) is -0.258. The van der Waals surface area contributed by atoms with E-state index >= 15 is 0 Å². The molecule has 0 aromatic carbocycles. The average Bonchev–Trinajstić information content (AvgIpc) is 2.35. The van der Waals surface area contributed by atoms with Crippen molar-refractivity contribution in [3.05, 3.63) is 22.4 Å². The number of hydrogen-bond donors (Lipinski definition) is 0. The number of thiophene rings is 1. The van der Waals surface area contributed by atoms with Crippen LogP contribution >= 0.6 is 11.3 Å². The Labute approximate surface area is 69.8 Å². The summed E-state index contributed by atoms with van der Waals surface area (Å²) in [4.78, 5) is 11.7. The van der Waals surface area contributed by atoms with Crippen LogP contribution in [-0.2, 0) is 4.74 Å². The van der Waals surface area contributed by atoms with Gasteiger partial charge in [0.1, 0.15) is 4.88 Å². The molecule has 11 heavy (non-hydrogen) atoms. The third kappa shape index (κ3) is 2.35. The van der Waals surface area contributed by atoms with E-state index in [2.05, 4.69) is 5.38 Å². The quantitative estimate of drug-likeness (QED) is 0.634. The molecule has 0 aliphatic heterocycles. The minimum atomic E-state index is -0.258. The molecule has 1 aromatic rings. The molecule has 0 saturated heterocycles. The summed E-state index contributed by atoms with van der Waals surface area (Å²) in [6.45, 7) is 3.66. The lowest BCUT2D eigenvalue weighted by Crippen LogP contribution is -2.09. The zero-order valence-electron chi connectivity index (χ0n) is 6.46. The van der Waals surface area contributed by atoms with E-state index in [1.165, 1.54) is 11.3 Å². The van der Waals surface area contributed by atoms with Gasteiger partial charge in [-0.25, -0.2) is 4.79 Å². The zero-order valence-corrected chi connectivity index (χ0v) is 7.27. The smallest absolute Gasteiger partial charge is 0.348 e. The molecule has 59 valence electrons. The SMILES string of the molecule is CC(C)OC(=O)c1cc[c]s1. The standard InChI is InChI=1S/C8H9O2S/c1-6(2)10-8(9)7-4-3-5-11-7/h3-4,6H,1-2H3. The van der Waals surface area contributed by atoms with E-state index in [1.54, 1.807) is 12.1 Å². The fourth-order valence-corrected chi connectivity index (χ4v) is 1.15. The van der Waals surface area contributed by atoms with Crippen LogP contribution < -0.4 is 0 Å². The molecule has 0 bridgehead atoms. The lowest BCUT2D eigenvalue weighted by atomic mass is 10.4.